The molecule has 0 aliphatic rings. The molecule has 3 rings (SSSR count). The Hall–Kier alpha value is -3.15. The maximum atomic E-state index is 12.3. The van der Waals surface area contributed by atoms with E-state index in [2.05, 4.69) is 10.3 Å². The van der Waals surface area contributed by atoms with Crippen LogP contribution in [0.4, 0.5) is 11.5 Å². The average molecular weight is 295 g/mol. The van der Waals surface area contributed by atoms with Gasteiger partial charge in [-0.05, 0) is 31.2 Å². The lowest BCUT2D eigenvalue weighted by Gasteiger charge is -2.08. The molecule has 0 spiro atoms. The fraction of sp³-hybridized carbons (Fsp3) is 0.0625. The van der Waals surface area contributed by atoms with Crippen LogP contribution in [0, 0.1) is 6.92 Å². The Morgan fingerprint density at radius 1 is 1.23 bits per heavy atom. The molecule has 22 heavy (non-hydrogen) atoms. The van der Waals surface area contributed by atoms with E-state index in [4.69, 9.17) is 10.2 Å². The molecule has 2 aromatic heterocycles. The first kappa shape index (κ1) is 13.8. The van der Waals surface area contributed by atoms with Crippen molar-refractivity contribution >= 4 is 28.4 Å². The molecule has 6 nitrogen and oxygen atoms in total. The molecular formula is C16H13N3O3. The normalized spacial score (nSPS) is 10.6. The molecule has 110 valence electrons. The lowest BCUT2D eigenvalue weighted by molar-refractivity contribution is 0.102. The molecule has 0 unspecified atom stereocenters. The lowest BCUT2D eigenvalue weighted by Crippen LogP contribution is -2.21. The van der Waals surface area contributed by atoms with Crippen molar-refractivity contribution in [1.29, 1.82) is 0 Å². The van der Waals surface area contributed by atoms with Crippen LogP contribution in [-0.4, -0.2) is 10.9 Å². The summed E-state index contributed by atoms with van der Waals surface area (Å²) < 4.78 is 5.15. The van der Waals surface area contributed by atoms with Crippen LogP contribution in [0.3, 0.4) is 0 Å². The number of pyridine rings is 1. The number of hydrogen-bond acceptors (Lipinski definition) is 5. The fourth-order valence-electron chi connectivity index (χ4n) is 2.12. The van der Waals surface area contributed by atoms with E-state index in [1.54, 1.807) is 43.3 Å². The van der Waals surface area contributed by atoms with Crippen molar-refractivity contribution in [2.45, 2.75) is 6.92 Å². The van der Waals surface area contributed by atoms with Crippen molar-refractivity contribution in [3.63, 3.8) is 0 Å². The molecule has 2 heterocycles. The van der Waals surface area contributed by atoms with Crippen LogP contribution in [0.1, 0.15) is 16.1 Å². The zero-order chi connectivity index (χ0) is 15.7. The molecule has 0 radical (unpaired) electrons. The van der Waals surface area contributed by atoms with E-state index in [9.17, 15) is 9.59 Å². The summed E-state index contributed by atoms with van der Waals surface area (Å²) in [6.07, 6.45) is 0. The number of nitrogens with zero attached hydrogens (tertiary/aromatic N) is 1. The molecule has 0 aliphatic carbocycles. The van der Waals surface area contributed by atoms with Gasteiger partial charge in [-0.2, -0.15) is 0 Å². The molecule has 0 bridgehead atoms. The van der Waals surface area contributed by atoms with E-state index in [1.807, 2.05) is 0 Å². The van der Waals surface area contributed by atoms with Crippen LogP contribution in [-0.2, 0) is 0 Å². The number of hydrogen-bond donors (Lipinski definition) is 2. The Bertz CT molecular complexity index is 931. The van der Waals surface area contributed by atoms with Crippen molar-refractivity contribution in [2.75, 3.05) is 11.1 Å². The molecule has 1 aromatic carbocycles. The highest BCUT2D eigenvalue weighted by molar-refractivity contribution is 6.05. The highest BCUT2D eigenvalue weighted by Gasteiger charge is 2.15. The van der Waals surface area contributed by atoms with Crippen molar-refractivity contribution in [3.05, 3.63) is 64.1 Å². The van der Waals surface area contributed by atoms with E-state index in [0.717, 1.165) is 0 Å². The molecule has 1 amide bonds. The third-order valence-electron chi connectivity index (χ3n) is 3.24. The van der Waals surface area contributed by atoms with Gasteiger partial charge in [-0.1, -0.05) is 18.2 Å². The van der Waals surface area contributed by atoms with Crippen molar-refractivity contribution in [2.24, 2.45) is 0 Å². The van der Waals surface area contributed by atoms with Gasteiger partial charge in [0.15, 0.2) is 0 Å². The van der Waals surface area contributed by atoms with Crippen LogP contribution in [0.2, 0.25) is 0 Å². The molecule has 0 saturated heterocycles. The Morgan fingerprint density at radius 3 is 2.77 bits per heavy atom. The number of aryl methyl sites for hydroxylation is 1. The Balaban J connectivity index is 1.98. The SMILES string of the molecule is Cc1nc(N)ccc1NC(=O)c1cc2ccccc2oc1=O. The highest BCUT2D eigenvalue weighted by atomic mass is 16.4. The number of nitrogen functional groups attached to an aromatic ring is 1. The van der Waals surface area contributed by atoms with Gasteiger partial charge in [0.1, 0.15) is 17.0 Å². The van der Waals surface area contributed by atoms with Crippen LogP contribution >= 0.6 is 0 Å². The monoisotopic (exact) mass is 295 g/mol. The molecule has 3 N–H and O–H groups in total. The molecular weight excluding hydrogens is 282 g/mol. The van der Waals surface area contributed by atoms with Gasteiger partial charge in [0.05, 0.1) is 11.4 Å². The lowest BCUT2D eigenvalue weighted by atomic mass is 10.1. The molecule has 0 aliphatic heterocycles. The maximum Gasteiger partial charge on any atom is 0.349 e. The summed E-state index contributed by atoms with van der Waals surface area (Å²) in [6, 6.07) is 11.7. The number of nitrogens with one attached hydrogen (secondary N) is 1. The third kappa shape index (κ3) is 2.54. The van der Waals surface area contributed by atoms with Gasteiger partial charge < -0.3 is 15.5 Å². The number of rotatable bonds is 2. The van der Waals surface area contributed by atoms with E-state index < -0.39 is 11.5 Å². The number of para-hydroxylation sites is 1. The molecule has 0 saturated carbocycles. The van der Waals surface area contributed by atoms with E-state index in [0.29, 0.717) is 28.2 Å². The molecule has 0 fully saturated rings. The Kier molecular flexibility index (Phi) is 3.34. The summed E-state index contributed by atoms with van der Waals surface area (Å²) in [4.78, 5) is 28.3. The fourth-order valence-corrected chi connectivity index (χ4v) is 2.12. The van der Waals surface area contributed by atoms with Gasteiger partial charge in [0, 0.05) is 5.39 Å². The topological polar surface area (TPSA) is 98.2 Å². The summed E-state index contributed by atoms with van der Waals surface area (Å²) >= 11 is 0. The smallest absolute Gasteiger partial charge is 0.349 e. The third-order valence-corrected chi connectivity index (χ3v) is 3.24. The predicted molar refractivity (Wildman–Crippen MR) is 83.8 cm³/mol. The number of carbonyl (C=O) groups excluding carboxylic acids is 1. The van der Waals surface area contributed by atoms with Crippen LogP contribution < -0.4 is 16.7 Å². The standard InChI is InChI=1S/C16H13N3O3/c1-9-12(6-7-14(17)18-9)19-15(20)11-8-10-4-2-3-5-13(10)22-16(11)21/h2-8H,1H3,(H2,17,18)(H,19,20). The Morgan fingerprint density at radius 2 is 2.00 bits per heavy atom. The predicted octanol–water partition coefficient (Wildman–Crippen LogP) is 2.33. The number of amides is 1. The first-order valence-electron chi connectivity index (χ1n) is 6.62. The molecule has 6 heteroatoms. The van der Waals surface area contributed by atoms with Gasteiger partial charge in [0.25, 0.3) is 5.91 Å². The molecule has 3 aromatic rings. The van der Waals surface area contributed by atoms with Crippen LogP contribution in [0.5, 0.6) is 0 Å². The summed E-state index contributed by atoms with van der Waals surface area (Å²) in [5, 5.41) is 3.32. The van der Waals surface area contributed by atoms with Crippen LogP contribution in [0.25, 0.3) is 11.0 Å². The van der Waals surface area contributed by atoms with Crippen molar-refractivity contribution in [1.82, 2.24) is 4.98 Å². The van der Waals surface area contributed by atoms with Gasteiger partial charge in [-0.15, -0.1) is 0 Å². The number of anilines is 2. The van der Waals surface area contributed by atoms with Gasteiger partial charge in [-0.25, -0.2) is 9.78 Å². The second-order valence-corrected chi connectivity index (χ2v) is 4.81. The minimum Gasteiger partial charge on any atom is -0.422 e. The first-order chi connectivity index (χ1) is 10.5. The minimum atomic E-state index is -0.683. The van der Waals surface area contributed by atoms with Crippen molar-refractivity contribution in [3.8, 4) is 0 Å². The zero-order valence-electron chi connectivity index (χ0n) is 11.8. The van der Waals surface area contributed by atoms with Crippen LogP contribution in [0.15, 0.2) is 51.7 Å². The summed E-state index contributed by atoms with van der Waals surface area (Å²) in [5.41, 5.74) is 6.32. The molecule has 0 atom stereocenters. The number of fused-ring (bicyclic) bond motifs is 1. The second kappa shape index (κ2) is 5.33. The maximum absolute atomic E-state index is 12.3. The second-order valence-electron chi connectivity index (χ2n) is 4.81. The largest absolute Gasteiger partial charge is 0.422 e. The van der Waals surface area contributed by atoms with Crippen molar-refractivity contribution < 1.29 is 9.21 Å². The van der Waals surface area contributed by atoms with Gasteiger partial charge in [-0.3, -0.25) is 4.79 Å². The van der Waals surface area contributed by atoms with Gasteiger partial charge in [0.2, 0.25) is 0 Å². The zero-order valence-corrected chi connectivity index (χ0v) is 11.8. The highest BCUT2D eigenvalue weighted by Crippen LogP contribution is 2.16. The quantitative estimate of drug-likeness (QED) is 0.707. The van der Waals surface area contributed by atoms with E-state index >= 15 is 0 Å². The number of benzene rings is 1. The number of aromatic nitrogens is 1. The summed E-state index contributed by atoms with van der Waals surface area (Å²) in [6.45, 7) is 1.72. The van der Waals surface area contributed by atoms with E-state index in [1.165, 1.54) is 6.07 Å². The Labute approximate surface area is 125 Å². The summed E-state index contributed by atoms with van der Waals surface area (Å²) in [7, 11) is 0. The number of carbonyl (C=O) groups is 1. The first-order valence-corrected chi connectivity index (χ1v) is 6.62. The van der Waals surface area contributed by atoms with Gasteiger partial charge >= 0.3 is 5.63 Å². The average Bonchev–Trinajstić information content (AvgIpc) is 2.49. The number of nitrogens with two attached hydrogens (primary N) is 1. The summed E-state index contributed by atoms with van der Waals surface area (Å²) in [5.74, 6) is -0.185. The minimum absolute atomic E-state index is 0.0603. The van der Waals surface area contributed by atoms with E-state index in [-0.39, 0.29) is 5.56 Å².